The van der Waals surface area contributed by atoms with Crippen molar-refractivity contribution in [3.8, 4) is 5.75 Å². The van der Waals surface area contributed by atoms with Gasteiger partial charge in [-0.1, -0.05) is 13.8 Å². The van der Waals surface area contributed by atoms with Gasteiger partial charge in [0.25, 0.3) is 0 Å². The van der Waals surface area contributed by atoms with E-state index in [2.05, 4.69) is 51.7 Å². The maximum atomic E-state index is 5.84. The van der Waals surface area contributed by atoms with E-state index in [4.69, 9.17) is 9.72 Å². The quantitative estimate of drug-likeness (QED) is 0.785. The fourth-order valence-electron chi connectivity index (χ4n) is 2.14. The van der Waals surface area contributed by atoms with Crippen LogP contribution in [0.1, 0.15) is 46.2 Å². The van der Waals surface area contributed by atoms with Crippen LogP contribution in [0.2, 0.25) is 0 Å². The second-order valence-electron chi connectivity index (χ2n) is 5.39. The number of hydrogen-bond acceptors (Lipinski definition) is 3. The van der Waals surface area contributed by atoms with Crippen LogP contribution in [-0.2, 0) is 0 Å². The van der Waals surface area contributed by atoms with Crippen molar-refractivity contribution in [2.24, 2.45) is 0 Å². The summed E-state index contributed by atoms with van der Waals surface area (Å²) in [5.74, 6) is 2.37. The van der Waals surface area contributed by atoms with Crippen LogP contribution in [-0.4, -0.2) is 23.7 Å². The van der Waals surface area contributed by atoms with E-state index < -0.39 is 0 Å². The monoisotopic (exact) mass is 234 g/mol. The minimum atomic E-state index is 0.233. The Labute approximate surface area is 104 Å². The molecule has 0 saturated carbocycles. The summed E-state index contributed by atoms with van der Waals surface area (Å²) in [5, 5.41) is 0. The van der Waals surface area contributed by atoms with Gasteiger partial charge < -0.3 is 9.64 Å². The fraction of sp³-hybridized carbons (Fsp3) is 0.643. The molecule has 2 rings (SSSR count). The Morgan fingerprint density at radius 1 is 1.29 bits per heavy atom. The topological polar surface area (TPSA) is 25.4 Å². The van der Waals surface area contributed by atoms with Crippen molar-refractivity contribution in [2.75, 3.05) is 11.4 Å². The number of ether oxygens (including phenoxy) is 1. The third-order valence-corrected chi connectivity index (χ3v) is 3.13. The zero-order valence-electron chi connectivity index (χ0n) is 11.4. The van der Waals surface area contributed by atoms with E-state index in [0.29, 0.717) is 12.0 Å². The minimum absolute atomic E-state index is 0.233. The van der Waals surface area contributed by atoms with Gasteiger partial charge in [0.1, 0.15) is 6.10 Å². The normalized spacial score (nSPS) is 19.5. The molecule has 1 aliphatic rings. The summed E-state index contributed by atoms with van der Waals surface area (Å²) in [7, 11) is 0. The van der Waals surface area contributed by atoms with Crippen LogP contribution in [0.4, 0.5) is 5.82 Å². The van der Waals surface area contributed by atoms with Crippen molar-refractivity contribution < 1.29 is 4.74 Å². The van der Waals surface area contributed by atoms with E-state index in [1.54, 1.807) is 0 Å². The first-order valence-corrected chi connectivity index (χ1v) is 6.43. The molecule has 1 unspecified atom stereocenters. The summed E-state index contributed by atoms with van der Waals surface area (Å²) in [6, 6.07) is 4.58. The van der Waals surface area contributed by atoms with Gasteiger partial charge in [-0.15, -0.1) is 0 Å². The van der Waals surface area contributed by atoms with Crippen molar-refractivity contribution in [2.45, 2.75) is 52.7 Å². The molecule has 0 bridgehead atoms. The van der Waals surface area contributed by atoms with Crippen molar-refractivity contribution in [1.29, 1.82) is 0 Å². The Morgan fingerprint density at radius 3 is 2.59 bits per heavy atom. The molecule has 0 radical (unpaired) electrons. The lowest BCUT2D eigenvalue weighted by molar-refractivity contribution is 0.207. The molecule has 1 atom stereocenters. The number of fused-ring (bicyclic) bond motifs is 1. The first-order valence-electron chi connectivity index (χ1n) is 6.43. The van der Waals surface area contributed by atoms with Crippen molar-refractivity contribution >= 4 is 5.82 Å². The van der Waals surface area contributed by atoms with Crippen LogP contribution < -0.4 is 9.64 Å². The predicted molar refractivity (Wildman–Crippen MR) is 70.9 cm³/mol. The van der Waals surface area contributed by atoms with Gasteiger partial charge in [-0.05, 0) is 38.8 Å². The maximum absolute atomic E-state index is 5.84. The Morgan fingerprint density at radius 2 is 2.00 bits per heavy atom. The van der Waals surface area contributed by atoms with E-state index in [9.17, 15) is 0 Å². The second-order valence-corrected chi connectivity index (χ2v) is 5.39. The van der Waals surface area contributed by atoms with E-state index in [-0.39, 0.29) is 6.10 Å². The summed E-state index contributed by atoms with van der Waals surface area (Å²) >= 11 is 0. The van der Waals surface area contributed by atoms with Crippen molar-refractivity contribution in [3.05, 3.63) is 17.8 Å². The Balaban J connectivity index is 2.42. The number of pyridine rings is 1. The van der Waals surface area contributed by atoms with E-state index in [0.717, 1.165) is 23.8 Å². The molecule has 0 N–H and O–H groups in total. The number of aromatic nitrogens is 1. The van der Waals surface area contributed by atoms with Crippen LogP contribution >= 0.6 is 0 Å². The van der Waals surface area contributed by atoms with Gasteiger partial charge in [0, 0.05) is 11.7 Å². The van der Waals surface area contributed by atoms with E-state index in [1.165, 1.54) is 0 Å². The van der Waals surface area contributed by atoms with Gasteiger partial charge >= 0.3 is 0 Å². The molecule has 0 spiro atoms. The molecule has 17 heavy (non-hydrogen) atoms. The lowest BCUT2D eigenvalue weighted by Crippen LogP contribution is -2.43. The standard InChI is InChI=1S/C14H22N2O/c1-9(2)12-6-7-13-14(15-12)16(10(3)4)8-11(5)17-13/h6-7,9-11H,8H2,1-5H3. The van der Waals surface area contributed by atoms with Crippen LogP contribution in [0.3, 0.4) is 0 Å². The predicted octanol–water partition coefficient (Wildman–Crippen LogP) is 3.20. The highest BCUT2D eigenvalue weighted by atomic mass is 16.5. The van der Waals surface area contributed by atoms with Gasteiger partial charge in [0.05, 0.1) is 6.54 Å². The van der Waals surface area contributed by atoms with Crippen LogP contribution in [0.5, 0.6) is 5.75 Å². The molecule has 2 heterocycles. The van der Waals surface area contributed by atoms with Gasteiger partial charge in [0.15, 0.2) is 11.6 Å². The summed E-state index contributed by atoms with van der Waals surface area (Å²) in [6.07, 6.45) is 0.233. The summed E-state index contributed by atoms with van der Waals surface area (Å²) in [6.45, 7) is 11.8. The molecule has 0 saturated heterocycles. The highest BCUT2D eigenvalue weighted by molar-refractivity contribution is 5.55. The van der Waals surface area contributed by atoms with E-state index >= 15 is 0 Å². The third-order valence-electron chi connectivity index (χ3n) is 3.13. The number of anilines is 1. The summed E-state index contributed by atoms with van der Waals surface area (Å²) < 4.78 is 5.84. The van der Waals surface area contributed by atoms with Crippen LogP contribution in [0.25, 0.3) is 0 Å². The van der Waals surface area contributed by atoms with Gasteiger partial charge in [-0.3, -0.25) is 0 Å². The van der Waals surface area contributed by atoms with Gasteiger partial charge in [-0.2, -0.15) is 0 Å². The van der Waals surface area contributed by atoms with E-state index in [1.807, 2.05) is 0 Å². The second kappa shape index (κ2) is 4.55. The summed E-state index contributed by atoms with van der Waals surface area (Å²) in [5.41, 5.74) is 1.13. The highest BCUT2D eigenvalue weighted by Gasteiger charge is 2.26. The summed E-state index contributed by atoms with van der Waals surface area (Å²) in [4.78, 5) is 7.08. The van der Waals surface area contributed by atoms with Crippen molar-refractivity contribution in [3.63, 3.8) is 0 Å². The molecule has 3 heteroatoms. The maximum Gasteiger partial charge on any atom is 0.172 e. The molecule has 1 aromatic heterocycles. The van der Waals surface area contributed by atoms with Gasteiger partial charge in [0.2, 0.25) is 0 Å². The number of rotatable bonds is 2. The lowest BCUT2D eigenvalue weighted by Gasteiger charge is -2.36. The SMILES string of the molecule is CC1CN(C(C)C)c2nc(C(C)C)ccc2O1. The molecule has 1 aliphatic heterocycles. The smallest absolute Gasteiger partial charge is 0.172 e. The van der Waals surface area contributed by atoms with Crippen molar-refractivity contribution in [1.82, 2.24) is 4.98 Å². The third kappa shape index (κ3) is 2.38. The minimum Gasteiger partial charge on any atom is -0.485 e. The average molecular weight is 234 g/mol. The molecule has 1 aromatic rings. The molecule has 3 nitrogen and oxygen atoms in total. The first-order chi connectivity index (χ1) is 7.99. The molecular formula is C14H22N2O. The molecular weight excluding hydrogens is 212 g/mol. The average Bonchev–Trinajstić information content (AvgIpc) is 2.26. The zero-order valence-corrected chi connectivity index (χ0v) is 11.4. The molecule has 0 fully saturated rings. The van der Waals surface area contributed by atoms with Crippen LogP contribution in [0.15, 0.2) is 12.1 Å². The molecule has 94 valence electrons. The van der Waals surface area contributed by atoms with Gasteiger partial charge in [-0.25, -0.2) is 4.98 Å². The largest absolute Gasteiger partial charge is 0.485 e. The number of nitrogens with zero attached hydrogens (tertiary/aromatic N) is 2. The molecule has 0 amide bonds. The lowest BCUT2D eigenvalue weighted by atomic mass is 10.1. The zero-order chi connectivity index (χ0) is 12.6. The first kappa shape index (κ1) is 12.2. The number of hydrogen-bond donors (Lipinski definition) is 0. The fourth-order valence-corrected chi connectivity index (χ4v) is 2.14. The van der Waals surface area contributed by atoms with Crippen LogP contribution in [0, 0.1) is 0 Å². The highest BCUT2D eigenvalue weighted by Crippen LogP contribution is 2.34. The Bertz CT molecular complexity index is 401. The Kier molecular flexibility index (Phi) is 3.27. The molecule has 0 aromatic carbocycles. The molecule has 0 aliphatic carbocycles. The Hall–Kier alpha value is -1.25.